The van der Waals surface area contributed by atoms with Crippen LogP contribution in [0, 0.1) is 0 Å². The lowest BCUT2D eigenvalue weighted by molar-refractivity contribution is 0.426. The van der Waals surface area contributed by atoms with Gasteiger partial charge in [0.05, 0.1) is 0 Å². The molecule has 0 aliphatic heterocycles. The lowest BCUT2D eigenvalue weighted by Gasteiger charge is -2.18. The fraction of sp³-hybridized carbons (Fsp3) is 0. The topological polar surface area (TPSA) is 66.7 Å². The second-order valence-electron chi connectivity index (χ2n) is 26.1. The molecular formula is C96H62BBrO4. The van der Waals surface area contributed by atoms with E-state index in [1.807, 2.05) is 72.8 Å². The zero-order chi connectivity index (χ0) is 68.2. The zero-order valence-electron chi connectivity index (χ0n) is 55.3. The monoisotopic (exact) mass is 1370 g/mol. The lowest BCUT2D eigenvalue weighted by Crippen LogP contribution is -2.31. The number of hydrogen-bond donors (Lipinski definition) is 2. The number of para-hydroxylation sites is 2. The van der Waals surface area contributed by atoms with E-state index >= 15 is 0 Å². The second-order valence-corrected chi connectivity index (χ2v) is 27.0. The molecule has 0 fully saturated rings. The van der Waals surface area contributed by atoms with E-state index in [2.05, 4.69) is 307 Å². The maximum Gasteiger partial charge on any atom is 0.489 e. The Bertz CT molecular complexity index is 6510. The first-order chi connectivity index (χ1) is 50.3. The molecule has 0 unspecified atom stereocenters. The van der Waals surface area contributed by atoms with Crippen molar-refractivity contribution in [3.8, 4) is 77.9 Å². The van der Waals surface area contributed by atoms with Crippen LogP contribution in [-0.2, 0) is 0 Å². The minimum absolute atomic E-state index is 0.552. The third-order valence-corrected chi connectivity index (χ3v) is 20.6. The van der Waals surface area contributed by atoms with Gasteiger partial charge in [-0.25, -0.2) is 0 Å². The molecule has 0 bridgehead atoms. The number of halogens is 1. The van der Waals surface area contributed by atoms with E-state index in [0.29, 0.717) is 5.46 Å². The standard InChI is InChI=1S/C48H30O.C30H21BO2.C18H11BrO/c1-2-11-34-28-36(25-22-31(34)10-1)35-12-9-13-38(29-35)48-42-17-5-3-15-40(42)47(41-16-4-6-18-43(41)48)33-23-20-32(21-24-33)37-26-27-46-44(30-37)39-14-7-8-19-45(39)49-46;32-31(33)30-27-14-5-3-12-25(27)29(26-13-4-6-15-28(26)30)24-11-7-10-22(19-24)23-17-16-20-8-1-2-9-21(20)18-23;19-14-8-5-12(6-9-14)13-7-10-18-16(11-13)15-3-1-2-4-17(15)20-18/h1-30H;1-19,32-33H;1-11H. The van der Waals surface area contributed by atoms with Gasteiger partial charge in [0, 0.05) is 26.0 Å². The van der Waals surface area contributed by atoms with E-state index in [4.69, 9.17) is 8.83 Å². The summed E-state index contributed by atoms with van der Waals surface area (Å²) < 4.78 is 13.0. The van der Waals surface area contributed by atoms with Gasteiger partial charge < -0.3 is 18.9 Å². The zero-order valence-corrected chi connectivity index (χ0v) is 56.9. The van der Waals surface area contributed by atoms with Crippen molar-refractivity contribution in [3.63, 3.8) is 0 Å². The van der Waals surface area contributed by atoms with Crippen LogP contribution in [0.5, 0.6) is 0 Å². The van der Waals surface area contributed by atoms with Gasteiger partial charge in [0.15, 0.2) is 0 Å². The van der Waals surface area contributed by atoms with Gasteiger partial charge in [-0.05, 0) is 221 Å². The Balaban J connectivity index is 0.000000121. The van der Waals surface area contributed by atoms with E-state index in [1.54, 1.807) is 0 Å². The summed E-state index contributed by atoms with van der Waals surface area (Å²) in [5, 5.41) is 38.8. The van der Waals surface area contributed by atoms with Crippen molar-refractivity contribution in [2.24, 2.45) is 0 Å². The lowest BCUT2D eigenvalue weighted by atomic mass is 9.72. The molecule has 20 aromatic rings. The van der Waals surface area contributed by atoms with Gasteiger partial charge in [0.2, 0.25) is 0 Å². The van der Waals surface area contributed by atoms with Gasteiger partial charge in [0.1, 0.15) is 22.3 Å². The fourth-order valence-corrected chi connectivity index (χ4v) is 15.5. The quantitative estimate of drug-likeness (QED) is 0.118. The molecular weight excluding hydrogens is 1310 g/mol. The van der Waals surface area contributed by atoms with Crippen LogP contribution in [0.15, 0.2) is 377 Å². The SMILES string of the molecule is Brc1ccc(-c2ccc3oc4ccccc4c3c2)cc1.OB(O)c1c2ccccc2c(-c2cccc(-c3ccc4ccccc4c3)c2)c2ccccc12.c1cc(-c2ccc3ccccc3c2)cc(-c2c3ccccc3c(-c3ccc(-c4ccc5oc6ccccc6c5c4)cc3)c3ccccc23)c1. The Kier molecular flexibility index (Phi) is 16.0. The first-order valence-electron chi connectivity index (χ1n) is 34.4. The van der Waals surface area contributed by atoms with E-state index in [9.17, 15) is 10.0 Å². The highest BCUT2D eigenvalue weighted by Gasteiger charge is 2.23. The molecule has 0 amide bonds. The molecule has 2 N–H and O–H groups in total. The predicted octanol–water partition coefficient (Wildman–Crippen LogP) is 25.9. The molecule has 102 heavy (non-hydrogen) atoms. The van der Waals surface area contributed by atoms with Crippen LogP contribution in [0.3, 0.4) is 0 Å². The minimum atomic E-state index is -1.54. The Morgan fingerprint density at radius 3 is 0.902 bits per heavy atom. The van der Waals surface area contributed by atoms with E-state index in [-0.39, 0.29) is 0 Å². The molecule has 0 aliphatic carbocycles. The van der Waals surface area contributed by atoms with E-state index in [1.165, 1.54) is 115 Å². The molecule has 480 valence electrons. The maximum absolute atomic E-state index is 10.2. The van der Waals surface area contributed by atoms with Crippen LogP contribution in [-0.4, -0.2) is 17.2 Å². The maximum atomic E-state index is 10.2. The smallest absolute Gasteiger partial charge is 0.456 e. The molecule has 0 atom stereocenters. The van der Waals surface area contributed by atoms with Crippen molar-refractivity contribution >= 4 is 137 Å². The Labute approximate surface area is 598 Å². The average Bonchev–Trinajstić information content (AvgIpc) is 1.09. The van der Waals surface area contributed by atoms with Gasteiger partial charge >= 0.3 is 7.12 Å². The summed E-state index contributed by atoms with van der Waals surface area (Å²) in [6, 6.07) is 128. The second kappa shape index (κ2) is 26.4. The summed E-state index contributed by atoms with van der Waals surface area (Å²) >= 11 is 3.47. The van der Waals surface area contributed by atoms with Crippen molar-refractivity contribution in [1.82, 2.24) is 0 Å². The summed E-state index contributed by atoms with van der Waals surface area (Å²) in [4.78, 5) is 0. The first-order valence-corrected chi connectivity index (χ1v) is 35.2. The Morgan fingerprint density at radius 2 is 0.480 bits per heavy atom. The largest absolute Gasteiger partial charge is 0.489 e. The number of rotatable bonds is 8. The molecule has 20 rings (SSSR count). The van der Waals surface area contributed by atoms with E-state index in [0.717, 1.165) is 75.8 Å². The van der Waals surface area contributed by atoms with Crippen LogP contribution < -0.4 is 5.46 Å². The molecule has 0 saturated carbocycles. The molecule has 2 aromatic heterocycles. The summed E-state index contributed by atoms with van der Waals surface area (Å²) in [5.41, 5.74) is 21.0. The first kappa shape index (κ1) is 61.9. The predicted molar refractivity (Wildman–Crippen MR) is 434 cm³/mol. The number of fused-ring (bicyclic) bond motifs is 12. The molecule has 4 nitrogen and oxygen atoms in total. The van der Waals surface area contributed by atoms with Gasteiger partial charge in [-0.15, -0.1) is 0 Å². The fourth-order valence-electron chi connectivity index (χ4n) is 15.2. The van der Waals surface area contributed by atoms with Gasteiger partial charge in [-0.3, -0.25) is 0 Å². The molecule has 0 spiro atoms. The Morgan fingerprint density at radius 1 is 0.196 bits per heavy atom. The van der Waals surface area contributed by atoms with Crippen LogP contribution in [0.25, 0.3) is 186 Å². The molecule has 0 aliphatic rings. The summed E-state index contributed by atoms with van der Waals surface area (Å²) in [6.45, 7) is 0. The molecule has 18 aromatic carbocycles. The molecule has 0 radical (unpaired) electrons. The summed E-state index contributed by atoms with van der Waals surface area (Å²) in [5.74, 6) is 0. The third-order valence-electron chi connectivity index (χ3n) is 20.1. The van der Waals surface area contributed by atoms with Crippen molar-refractivity contribution in [2.45, 2.75) is 0 Å². The highest BCUT2D eigenvalue weighted by atomic mass is 79.9. The molecule has 6 heteroatoms. The highest BCUT2D eigenvalue weighted by Crippen LogP contribution is 2.46. The molecule has 0 saturated heterocycles. The van der Waals surface area contributed by atoms with Crippen LogP contribution in [0.1, 0.15) is 0 Å². The minimum Gasteiger partial charge on any atom is -0.456 e. The van der Waals surface area contributed by atoms with Gasteiger partial charge in [0.25, 0.3) is 0 Å². The van der Waals surface area contributed by atoms with Crippen LogP contribution >= 0.6 is 15.9 Å². The van der Waals surface area contributed by atoms with Crippen molar-refractivity contribution in [2.75, 3.05) is 0 Å². The Hall–Kier alpha value is -12.4. The number of furan rings is 2. The van der Waals surface area contributed by atoms with Crippen molar-refractivity contribution in [3.05, 3.63) is 368 Å². The number of hydrogen-bond acceptors (Lipinski definition) is 4. The van der Waals surface area contributed by atoms with Gasteiger partial charge in [-0.2, -0.15) is 0 Å². The summed E-state index contributed by atoms with van der Waals surface area (Å²) in [6.07, 6.45) is 0. The van der Waals surface area contributed by atoms with E-state index < -0.39 is 7.12 Å². The molecule has 2 heterocycles. The summed E-state index contributed by atoms with van der Waals surface area (Å²) in [7, 11) is -1.54. The average molecular weight is 1370 g/mol. The highest BCUT2D eigenvalue weighted by molar-refractivity contribution is 9.10. The van der Waals surface area contributed by atoms with Crippen LogP contribution in [0.4, 0.5) is 0 Å². The normalized spacial score (nSPS) is 11.5. The number of benzene rings is 18. The van der Waals surface area contributed by atoms with Crippen molar-refractivity contribution < 1.29 is 18.9 Å². The van der Waals surface area contributed by atoms with Crippen LogP contribution in [0.2, 0.25) is 0 Å². The third kappa shape index (κ3) is 11.4. The van der Waals surface area contributed by atoms with Gasteiger partial charge in [-0.1, -0.05) is 307 Å². The van der Waals surface area contributed by atoms with Crippen molar-refractivity contribution in [1.29, 1.82) is 0 Å².